The number of nitro groups is 1. The Kier molecular flexibility index (Phi) is 8.71. The third-order valence-electron chi connectivity index (χ3n) is 4.70. The number of rotatable bonds is 11. The molecule has 3 aromatic rings. The number of nitrogens with one attached hydrogen (secondary N) is 2. The van der Waals surface area contributed by atoms with Crippen LogP contribution in [-0.4, -0.2) is 25.1 Å². The summed E-state index contributed by atoms with van der Waals surface area (Å²) in [5, 5.41) is 17.9. The van der Waals surface area contributed by atoms with Gasteiger partial charge in [0.25, 0.3) is 5.69 Å². The quantitative estimate of drug-likeness (QED) is 0.198. The molecule has 0 amide bonds. The predicted octanol–water partition coefficient (Wildman–Crippen LogP) is 5.83. The molecule has 3 aromatic carbocycles. The summed E-state index contributed by atoms with van der Waals surface area (Å²) in [6.45, 7) is 1.92. The van der Waals surface area contributed by atoms with E-state index in [1.807, 2.05) is 6.07 Å². The monoisotopic (exact) mass is 493 g/mol. The lowest BCUT2D eigenvalue weighted by Gasteiger charge is -2.15. The Morgan fingerprint density at radius 2 is 1.76 bits per heavy atom. The second kappa shape index (κ2) is 11.7. The van der Waals surface area contributed by atoms with Crippen LogP contribution in [0.5, 0.6) is 11.5 Å². The van der Waals surface area contributed by atoms with Crippen LogP contribution in [0.1, 0.15) is 11.1 Å². The summed E-state index contributed by atoms with van der Waals surface area (Å²) >= 11 is 12.5. The number of non-ortho nitro benzene ring substituents is 1. The summed E-state index contributed by atoms with van der Waals surface area (Å²) in [5.74, 6) is 0.608. The normalized spacial score (nSPS) is 10.7. The minimum absolute atomic E-state index is 0.0559. The van der Waals surface area contributed by atoms with Crippen molar-refractivity contribution in [2.75, 3.05) is 25.5 Å². The smallest absolute Gasteiger partial charge is 0.271 e. The van der Waals surface area contributed by atoms with Crippen LogP contribution in [0.2, 0.25) is 10.0 Å². The van der Waals surface area contributed by atoms with E-state index in [0.717, 1.165) is 11.1 Å². The number of nitrogens with zero attached hydrogens (tertiary/aromatic N) is 1. The zero-order valence-electron chi connectivity index (χ0n) is 17.7. The average molecular weight is 494 g/mol. The van der Waals surface area contributed by atoms with E-state index in [0.29, 0.717) is 41.8 Å². The molecule has 0 fully saturated rings. The van der Waals surface area contributed by atoms with Crippen molar-refractivity contribution in [2.45, 2.75) is 13.2 Å². The molecular weight excluding hydrogens is 472 g/mol. The Morgan fingerprint density at radius 3 is 2.42 bits per heavy atom. The zero-order valence-corrected chi connectivity index (χ0v) is 19.3. The van der Waals surface area contributed by atoms with Gasteiger partial charge in [0.2, 0.25) is 0 Å². The molecule has 0 atom stereocenters. The Balaban J connectivity index is 1.51. The van der Waals surface area contributed by atoms with Crippen LogP contribution < -0.4 is 20.1 Å². The van der Waals surface area contributed by atoms with Crippen molar-refractivity contribution in [2.24, 2.45) is 0 Å². The minimum Gasteiger partial charge on any atom is -0.493 e. The third kappa shape index (κ3) is 6.95. The van der Waals surface area contributed by atoms with Gasteiger partial charge >= 0.3 is 0 Å². The van der Waals surface area contributed by atoms with Gasteiger partial charge in [0, 0.05) is 31.8 Å². The molecule has 33 heavy (non-hydrogen) atoms. The number of benzene rings is 3. The van der Waals surface area contributed by atoms with E-state index in [9.17, 15) is 14.5 Å². The molecule has 0 aliphatic heterocycles. The number of ether oxygens (including phenoxy) is 2. The lowest BCUT2D eigenvalue weighted by Crippen LogP contribution is -2.22. The highest BCUT2D eigenvalue weighted by Crippen LogP contribution is 2.37. The van der Waals surface area contributed by atoms with Gasteiger partial charge in [0.15, 0.2) is 11.5 Å². The van der Waals surface area contributed by atoms with Gasteiger partial charge in [0.1, 0.15) is 12.4 Å². The van der Waals surface area contributed by atoms with Gasteiger partial charge in [-0.3, -0.25) is 10.1 Å². The molecule has 0 unspecified atom stereocenters. The fourth-order valence-electron chi connectivity index (χ4n) is 3.03. The van der Waals surface area contributed by atoms with Crippen LogP contribution in [-0.2, 0) is 13.2 Å². The molecule has 0 saturated carbocycles. The number of halogens is 3. The van der Waals surface area contributed by atoms with Crippen LogP contribution in [0.4, 0.5) is 15.8 Å². The first-order chi connectivity index (χ1) is 15.9. The molecule has 0 heterocycles. The molecule has 0 aliphatic carbocycles. The van der Waals surface area contributed by atoms with Gasteiger partial charge in [-0.05, 0) is 41.5 Å². The van der Waals surface area contributed by atoms with E-state index < -0.39 is 4.92 Å². The molecule has 3 rings (SSSR count). The SMILES string of the molecule is COc1cc(CNCCNc2ccc([N+](=O)[O-])cc2Cl)cc(Cl)c1OCc1ccc(F)cc1. The van der Waals surface area contributed by atoms with Crippen molar-refractivity contribution >= 4 is 34.6 Å². The summed E-state index contributed by atoms with van der Waals surface area (Å²) in [6, 6.07) is 13.9. The first-order valence-corrected chi connectivity index (χ1v) is 10.7. The molecule has 0 aliphatic rings. The number of nitro benzene ring substituents is 1. The van der Waals surface area contributed by atoms with Gasteiger partial charge in [-0.2, -0.15) is 0 Å². The molecular formula is C23H22Cl2FN3O4. The standard InChI is InChI=1S/C23H22Cl2FN3O4/c1-32-22-11-16(10-20(25)23(22)33-14-15-2-4-17(26)5-3-15)13-27-8-9-28-21-7-6-18(29(30)31)12-19(21)24/h2-7,10-12,27-28H,8-9,13-14H2,1H3. The van der Waals surface area contributed by atoms with Crippen molar-refractivity contribution in [1.29, 1.82) is 0 Å². The fourth-order valence-corrected chi connectivity index (χ4v) is 3.56. The Hall–Kier alpha value is -3.07. The van der Waals surface area contributed by atoms with Crippen molar-refractivity contribution in [3.63, 3.8) is 0 Å². The second-order valence-corrected chi connectivity index (χ2v) is 7.86. The number of anilines is 1. The maximum absolute atomic E-state index is 13.1. The predicted molar refractivity (Wildman–Crippen MR) is 127 cm³/mol. The molecule has 0 bridgehead atoms. The topological polar surface area (TPSA) is 85.7 Å². The lowest BCUT2D eigenvalue weighted by atomic mass is 10.2. The van der Waals surface area contributed by atoms with Crippen LogP contribution in [0.3, 0.4) is 0 Å². The number of hydrogen-bond acceptors (Lipinski definition) is 6. The number of hydrogen-bond donors (Lipinski definition) is 2. The van der Waals surface area contributed by atoms with Gasteiger partial charge in [-0.1, -0.05) is 35.3 Å². The van der Waals surface area contributed by atoms with Crippen LogP contribution in [0.25, 0.3) is 0 Å². The molecule has 0 radical (unpaired) electrons. The van der Waals surface area contributed by atoms with E-state index in [-0.39, 0.29) is 23.1 Å². The van der Waals surface area contributed by atoms with Crippen molar-refractivity contribution in [1.82, 2.24) is 5.32 Å². The van der Waals surface area contributed by atoms with E-state index in [4.69, 9.17) is 32.7 Å². The third-order valence-corrected chi connectivity index (χ3v) is 5.29. The lowest BCUT2D eigenvalue weighted by molar-refractivity contribution is -0.384. The first kappa shape index (κ1) is 24.6. The fraction of sp³-hybridized carbons (Fsp3) is 0.217. The van der Waals surface area contributed by atoms with Crippen LogP contribution >= 0.6 is 23.2 Å². The molecule has 10 heteroatoms. The molecule has 2 N–H and O–H groups in total. The highest BCUT2D eigenvalue weighted by molar-refractivity contribution is 6.33. The summed E-state index contributed by atoms with van der Waals surface area (Å²) < 4.78 is 24.3. The minimum atomic E-state index is -0.490. The summed E-state index contributed by atoms with van der Waals surface area (Å²) in [7, 11) is 1.53. The van der Waals surface area contributed by atoms with E-state index >= 15 is 0 Å². The Bertz CT molecular complexity index is 1110. The van der Waals surface area contributed by atoms with Crippen molar-refractivity contribution in [3.8, 4) is 11.5 Å². The highest BCUT2D eigenvalue weighted by atomic mass is 35.5. The van der Waals surface area contributed by atoms with Gasteiger partial charge < -0.3 is 20.1 Å². The summed E-state index contributed by atoms with van der Waals surface area (Å²) in [5.41, 5.74) is 2.27. The van der Waals surface area contributed by atoms with Crippen LogP contribution in [0.15, 0.2) is 54.6 Å². The zero-order chi connectivity index (χ0) is 23.8. The van der Waals surface area contributed by atoms with Gasteiger partial charge in [-0.15, -0.1) is 0 Å². The molecule has 7 nitrogen and oxygen atoms in total. The Morgan fingerprint density at radius 1 is 1.00 bits per heavy atom. The van der Waals surface area contributed by atoms with E-state index in [2.05, 4.69) is 10.6 Å². The highest BCUT2D eigenvalue weighted by Gasteiger charge is 2.13. The summed E-state index contributed by atoms with van der Waals surface area (Å²) in [4.78, 5) is 10.3. The molecule has 0 saturated heterocycles. The van der Waals surface area contributed by atoms with Crippen LogP contribution in [0, 0.1) is 15.9 Å². The maximum atomic E-state index is 13.1. The largest absolute Gasteiger partial charge is 0.493 e. The van der Waals surface area contributed by atoms with Crippen molar-refractivity contribution in [3.05, 3.63) is 91.7 Å². The number of methoxy groups -OCH3 is 1. The first-order valence-electron chi connectivity index (χ1n) is 9.99. The molecule has 0 aromatic heterocycles. The Labute approximate surface area is 200 Å². The average Bonchev–Trinajstić information content (AvgIpc) is 2.79. The van der Waals surface area contributed by atoms with E-state index in [1.54, 1.807) is 24.3 Å². The van der Waals surface area contributed by atoms with Gasteiger partial charge in [0.05, 0.1) is 27.8 Å². The molecule has 174 valence electrons. The van der Waals surface area contributed by atoms with E-state index in [1.165, 1.54) is 31.4 Å². The maximum Gasteiger partial charge on any atom is 0.271 e. The van der Waals surface area contributed by atoms with Gasteiger partial charge in [-0.25, -0.2) is 4.39 Å². The molecule has 0 spiro atoms. The van der Waals surface area contributed by atoms with Crippen molar-refractivity contribution < 1.29 is 18.8 Å². The summed E-state index contributed by atoms with van der Waals surface area (Å²) in [6.07, 6.45) is 0. The second-order valence-electron chi connectivity index (χ2n) is 7.05.